The zero-order valence-corrected chi connectivity index (χ0v) is 10.6. The van der Waals surface area contributed by atoms with Crippen LogP contribution < -0.4 is 5.32 Å². The Bertz CT molecular complexity index is 508. The Hall–Kier alpha value is -1.62. The Morgan fingerprint density at radius 1 is 1.35 bits per heavy atom. The Balaban J connectivity index is 2.49. The van der Waals surface area contributed by atoms with Crippen molar-refractivity contribution in [2.75, 3.05) is 11.9 Å². The lowest BCUT2D eigenvalue weighted by Gasteiger charge is -2.11. The monoisotopic (exact) mass is 251 g/mol. The molecule has 0 spiro atoms. The third-order valence-electron chi connectivity index (χ3n) is 2.39. The predicted molar refractivity (Wildman–Crippen MR) is 67.7 cm³/mol. The summed E-state index contributed by atoms with van der Waals surface area (Å²) in [7, 11) is 0. The van der Waals surface area contributed by atoms with E-state index < -0.39 is 0 Å². The smallest absolute Gasteiger partial charge is 0.162 e. The number of aromatic nitrogens is 4. The van der Waals surface area contributed by atoms with Gasteiger partial charge in [0.2, 0.25) is 0 Å². The first kappa shape index (κ1) is 11.9. The van der Waals surface area contributed by atoms with Crippen LogP contribution in [0.25, 0.3) is 5.82 Å². The van der Waals surface area contributed by atoms with E-state index in [-0.39, 0.29) is 0 Å². The van der Waals surface area contributed by atoms with Crippen LogP contribution in [-0.4, -0.2) is 26.3 Å². The summed E-state index contributed by atoms with van der Waals surface area (Å²) in [6.07, 6.45) is 5.69. The Morgan fingerprint density at radius 3 is 2.76 bits per heavy atom. The van der Waals surface area contributed by atoms with Gasteiger partial charge in [0.15, 0.2) is 5.82 Å². The fourth-order valence-electron chi connectivity index (χ4n) is 1.66. The molecule has 0 atom stereocenters. The molecule has 2 rings (SSSR count). The summed E-state index contributed by atoms with van der Waals surface area (Å²) in [5.41, 5.74) is 1.04. The maximum atomic E-state index is 5.86. The summed E-state index contributed by atoms with van der Waals surface area (Å²) < 4.78 is 1.67. The molecule has 0 amide bonds. The number of hydrogen-bond acceptors (Lipinski definition) is 4. The maximum absolute atomic E-state index is 5.86. The second-order valence-electron chi connectivity index (χ2n) is 3.51. The standard InChI is InChI=1S/C11H14ClN5/c1-3-9-10(13-4-2)14-7-15-11(9)17-6-8(12)5-16-17/h5-7H,3-4H2,1-2H3,(H,13,14,15). The summed E-state index contributed by atoms with van der Waals surface area (Å²) >= 11 is 5.86. The fourth-order valence-corrected chi connectivity index (χ4v) is 1.80. The molecule has 90 valence electrons. The first-order chi connectivity index (χ1) is 8.26. The molecule has 0 aromatic carbocycles. The molecule has 0 aliphatic rings. The van der Waals surface area contributed by atoms with Crippen molar-refractivity contribution >= 4 is 17.4 Å². The van der Waals surface area contributed by atoms with Gasteiger partial charge >= 0.3 is 0 Å². The number of rotatable bonds is 4. The van der Waals surface area contributed by atoms with Crippen molar-refractivity contribution in [3.63, 3.8) is 0 Å². The molecule has 17 heavy (non-hydrogen) atoms. The van der Waals surface area contributed by atoms with Crippen LogP contribution in [0.3, 0.4) is 0 Å². The highest BCUT2D eigenvalue weighted by molar-refractivity contribution is 6.30. The molecule has 0 saturated carbocycles. The van der Waals surface area contributed by atoms with Gasteiger partial charge in [0.05, 0.1) is 17.4 Å². The van der Waals surface area contributed by atoms with E-state index in [2.05, 4.69) is 27.3 Å². The van der Waals surface area contributed by atoms with Gasteiger partial charge < -0.3 is 5.32 Å². The Kier molecular flexibility index (Phi) is 3.58. The molecule has 5 nitrogen and oxygen atoms in total. The lowest BCUT2D eigenvalue weighted by Crippen LogP contribution is -2.09. The van der Waals surface area contributed by atoms with Crippen LogP contribution in [-0.2, 0) is 6.42 Å². The van der Waals surface area contributed by atoms with Crippen LogP contribution in [0.2, 0.25) is 5.02 Å². The normalized spacial score (nSPS) is 10.5. The minimum absolute atomic E-state index is 0.593. The van der Waals surface area contributed by atoms with Gasteiger partial charge in [-0.05, 0) is 13.3 Å². The second kappa shape index (κ2) is 5.14. The molecule has 6 heteroatoms. The number of nitrogens with one attached hydrogen (secondary N) is 1. The van der Waals surface area contributed by atoms with Gasteiger partial charge in [-0.25, -0.2) is 14.6 Å². The minimum atomic E-state index is 0.593. The Morgan fingerprint density at radius 2 is 2.18 bits per heavy atom. The molecule has 0 saturated heterocycles. The van der Waals surface area contributed by atoms with Crippen molar-refractivity contribution in [1.29, 1.82) is 0 Å². The number of anilines is 1. The van der Waals surface area contributed by atoms with E-state index in [4.69, 9.17) is 11.6 Å². The molecule has 2 heterocycles. The Labute approximate surface area is 105 Å². The van der Waals surface area contributed by atoms with Crippen LogP contribution in [0, 0.1) is 0 Å². The van der Waals surface area contributed by atoms with Gasteiger partial charge in [-0.15, -0.1) is 0 Å². The first-order valence-corrected chi connectivity index (χ1v) is 5.92. The summed E-state index contributed by atoms with van der Waals surface area (Å²) in [6, 6.07) is 0. The molecule has 1 N–H and O–H groups in total. The van der Waals surface area contributed by atoms with Gasteiger partial charge in [0, 0.05) is 12.1 Å². The van der Waals surface area contributed by atoms with Crippen molar-refractivity contribution in [3.8, 4) is 5.82 Å². The van der Waals surface area contributed by atoms with E-state index in [9.17, 15) is 0 Å². The summed E-state index contributed by atoms with van der Waals surface area (Å²) in [6.45, 7) is 4.92. The number of halogens is 1. The van der Waals surface area contributed by atoms with Crippen LogP contribution in [0.5, 0.6) is 0 Å². The fraction of sp³-hybridized carbons (Fsp3) is 0.364. The average Bonchev–Trinajstić information content (AvgIpc) is 2.76. The lowest BCUT2D eigenvalue weighted by atomic mass is 10.2. The molecule has 0 bridgehead atoms. The van der Waals surface area contributed by atoms with Crippen LogP contribution in [0.4, 0.5) is 5.82 Å². The lowest BCUT2D eigenvalue weighted by molar-refractivity contribution is 0.818. The third kappa shape index (κ3) is 2.39. The predicted octanol–water partition coefficient (Wildman–Crippen LogP) is 2.31. The van der Waals surface area contributed by atoms with E-state index >= 15 is 0 Å². The van der Waals surface area contributed by atoms with Crippen LogP contribution >= 0.6 is 11.6 Å². The minimum Gasteiger partial charge on any atom is -0.370 e. The van der Waals surface area contributed by atoms with E-state index in [0.29, 0.717) is 5.02 Å². The van der Waals surface area contributed by atoms with Crippen LogP contribution in [0.1, 0.15) is 19.4 Å². The molecular weight excluding hydrogens is 238 g/mol. The zero-order valence-electron chi connectivity index (χ0n) is 9.81. The van der Waals surface area contributed by atoms with E-state index in [1.165, 1.54) is 6.33 Å². The highest BCUT2D eigenvalue weighted by Gasteiger charge is 2.11. The number of nitrogens with zero attached hydrogens (tertiary/aromatic N) is 4. The van der Waals surface area contributed by atoms with Crippen molar-refractivity contribution in [1.82, 2.24) is 19.7 Å². The SMILES string of the molecule is CCNc1ncnc(-n2cc(Cl)cn2)c1CC. The first-order valence-electron chi connectivity index (χ1n) is 5.54. The molecule has 0 unspecified atom stereocenters. The van der Waals surface area contributed by atoms with Gasteiger partial charge in [-0.3, -0.25) is 0 Å². The topological polar surface area (TPSA) is 55.6 Å². The molecule has 0 radical (unpaired) electrons. The van der Waals surface area contributed by atoms with E-state index in [1.54, 1.807) is 17.1 Å². The summed E-state index contributed by atoms with van der Waals surface area (Å²) in [5, 5.41) is 7.97. The van der Waals surface area contributed by atoms with Crippen molar-refractivity contribution in [2.24, 2.45) is 0 Å². The third-order valence-corrected chi connectivity index (χ3v) is 2.58. The quantitative estimate of drug-likeness (QED) is 0.906. The highest BCUT2D eigenvalue weighted by Crippen LogP contribution is 2.20. The molecule has 0 aliphatic carbocycles. The molecule has 2 aromatic heterocycles. The van der Waals surface area contributed by atoms with Gasteiger partial charge in [-0.1, -0.05) is 18.5 Å². The zero-order chi connectivity index (χ0) is 12.3. The van der Waals surface area contributed by atoms with Crippen molar-refractivity contribution in [3.05, 3.63) is 29.3 Å². The van der Waals surface area contributed by atoms with Gasteiger partial charge in [0.25, 0.3) is 0 Å². The molecule has 0 fully saturated rings. The largest absolute Gasteiger partial charge is 0.370 e. The molecular formula is C11H14ClN5. The summed E-state index contributed by atoms with van der Waals surface area (Å²) in [4.78, 5) is 8.50. The summed E-state index contributed by atoms with van der Waals surface area (Å²) in [5.74, 6) is 1.62. The average molecular weight is 252 g/mol. The van der Waals surface area contributed by atoms with Gasteiger partial charge in [0.1, 0.15) is 12.1 Å². The van der Waals surface area contributed by atoms with Gasteiger partial charge in [-0.2, -0.15) is 5.10 Å². The van der Waals surface area contributed by atoms with Crippen molar-refractivity contribution < 1.29 is 0 Å². The van der Waals surface area contributed by atoms with Crippen LogP contribution in [0.15, 0.2) is 18.7 Å². The second-order valence-corrected chi connectivity index (χ2v) is 3.95. The van der Waals surface area contributed by atoms with E-state index in [0.717, 1.165) is 30.2 Å². The van der Waals surface area contributed by atoms with E-state index in [1.807, 2.05) is 6.92 Å². The molecule has 2 aromatic rings. The molecule has 0 aliphatic heterocycles. The highest BCUT2D eigenvalue weighted by atomic mass is 35.5. The van der Waals surface area contributed by atoms with Crippen molar-refractivity contribution in [2.45, 2.75) is 20.3 Å². The number of hydrogen-bond donors (Lipinski definition) is 1. The maximum Gasteiger partial charge on any atom is 0.162 e.